The quantitative estimate of drug-likeness (QED) is 0.400. The van der Waals surface area contributed by atoms with E-state index >= 15 is 0 Å². The molecule has 0 bridgehead atoms. The van der Waals surface area contributed by atoms with E-state index in [1.54, 1.807) is 0 Å². The maximum atomic E-state index is 10.3. The molecule has 0 heterocycles. The molecule has 0 N–H and O–H groups in total. The van der Waals surface area contributed by atoms with E-state index in [9.17, 15) is 18.0 Å². The summed E-state index contributed by atoms with van der Waals surface area (Å²) in [6.07, 6.45) is 1.78. The number of aliphatic imine (C=N–C) groups is 1. The Morgan fingerprint density at radius 1 is 1.27 bits per heavy atom. The molecular formula is C3H2N2O5S. The Labute approximate surface area is 61.7 Å². The fourth-order valence-electron chi connectivity index (χ4n) is 0.191. The highest BCUT2D eigenvalue weighted by atomic mass is 32.2. The van der Waals surface area contributed by atoms with Crippen LogP contribution in [0.3, 0.4) is 0 Å². The van der Waals surface area contributed by atoms with Crippen molar-refractivity contribution in [2.24, 2.45) is 9.39 Å². The molecule has 0 aliphatic rings. The van der Waals surface area contributed by atoms with Gasteiger partial charge in [0.2, 0.25) is 6.08 Å². The fraction of sp³-hybridized carbons (Fsp3) is 0.333. The van der Waals surface area contributed by atoms with Gasteiger partial charge in [-0.05, 0) is 0 Å². The van der Waals surface area contributed by atoms with E-state index in [0.717, 1.165) is 12.2 Å². The Kier molecular flexibility index (Phi) is 3.94. The van der Waals surface area contributed by atoms with Gasteiger partial charge in [-0.2, -0.15) is 13.4 Å². The molecule has 0 aliphatic carbocycles. The number of hydrogen-bond acceptors (Lipinski definition) is 6. The lowest BCUT2D eigenvalue weighted by molar-refractivity contribution is 0.330. The summed E-state index contributed by atoms with van der Waals surface area (Å²) in [6, 6.07) is 0. The molecule has 0 amide bonds. The molecule has 0 saturated heterocycles. The van der Waals surface area contributed by atoms with Crippen molar-refractivity contribution >= 4 is 22.5 Å². The molecule has 8 heteroatoms. The summed E-state index contributed by atoms with van der Waals surface area (Å²) in [4.78, 5) is 21.5. The summed E-state index contributed by atoms with van der Waals surface area (Å²) in [5.74, 6) is 0. The van der Waals surface area contributed by atoms with Gasteiger partial charge in [-0.15, -0.1) is 0 Å². The van der Waals surface area contributed by atoms with Gasteiger partial charge in [0.25, 0.3) is 6.08 Å². The summed E-state index contributed by atoms with van der Waals surface area (Å²) < 4.78 is 26.6. The van der Waals surface area contributed by atoms with Gasteiger partial charge in [-0.3, -0.25) is 0 Å². The summed E-state index contributed by atoms with van der Waals surface area (Å²) in [5.41, 5.74) is 0. The topological polar surface area (TPSA) is 102 Å². The van der Waals surface area contributed by atoms with Gasteiger partial charge in [0.05, 0.1) is 0 Å². The maximum Gasteiger partial charge on any atom is 0.393 e. The van der Waals surface area contributed by atoms with E-state index in [0.29, 0.717) is 0 Å². The largest absolute Gasteiger partial charge is 0.393 e. The van der Waals surface area contributed by atoms with Crippen LogP contribution in [-0.4, -0.2) is 27.3 Å². The highest BCUT2D eigenvalue weighted by molar-refractivity contribution is 7.85. The van der Waals surface area contributed by atoms with Crippen LogP contribution in [0.5, 0.6) is 0 Å². The Bertz CT molecular complexity index is 307. The van der Waals surface area contributed by atoms with Gasteiger partial charge in [0.15, 0.2) is 6.73 Å². The van der Waals surface area contributed by atoms with E-state index in [4.69, 9.17) is 0 Å². The van der Waals surface area contributed by atoms with Crippen molar-refractivity contribution in [2.75, 3.05) is 6.73 Å². The molecule has 0 fully saturated rings. The van der Waals surface area contributed by atoms with E-state index in [2.05, 4.69) is 13.6 Å². The lowest BCUT2D eigenvalue weighted by Gasteiger charge is -1.89. The van der Waals surface area contributed by atoms with Crippen LogP contribution in [0.15, 0.2) is 9.39 Å². The Morgan fingerprint density at radius 3 is 2.36 bits per heavy atom. The smallest absolute Gasteiger partial charge is 0.227 e. The van der Waals surface area contributed by atoms with Gasteiger partial charge in [-0.1, -0.05) is 4.40 Å². The van der Waals surface area contributed by atoms with Crippen molar-refractivity contribution in [1.82, 2.24) is 0 Å². The van der Waals surface area contributed by atoms with Crippen molar-refractivity contribution in [3.8, 4) is 0 Å². The van der Waals surface area contributed by atoms with Crippen molar-refractivity contribution in [3.63, 3.8) is 0 Å². The van der Waals surface area contributed by atoms with Gasteiger partial charge >= 0.3 is 10.3 Å². The molecule has 0 aromatic carbocycles. The second-order valence-electron chi connectivity index (χ2n) is 1.11. The van der Waals surface area contributed by atoms with E-state index in [-0.39, 0.29) is 0 Å². The summed E-state index contributed by atoms with van der Waals surface area (Å²) in [7, 11) is -4.28. The molecule has 0 saturated carbocycles. The maximum absolute atomic E-state index is 10.3. The first-order chi connectivity index (χ1) is 5.12. The molecule has 60 valence electrons. The predicted molar refractivity (Wildman–Crippen MR) is 31.1 cm³/mol. The highest BCUT2D eigenvalue weighted by Gasteiger charge is 2.05. The van der Waals surface area contributed by atoms with E-state index in [1.165, 1.54) is 0 Å². The third-order valence-corrected chi connectivity index (χ3v) is 1.18. The van der Waals surface area contributed by atoms with Crippen LogP contribution in [0.4, 0.5) is 0 Å². The molecule has 0 unspecified atom stereocenters. The minimum absolute atomic E-state index is 0.739. The lowest BCUT2D eigenvalue weighted by Crippen LogP contribution is -2.01. The summed E-state index contributed by atoms with van der Waals surface area (Å²) >= 11 is 0. The molecule has 7 nitrogen and oxygen atoms in total. The lowest BCUT2D eigenvalue weighted by atomic mass is 11.3. The average Bonchev–Trinajstić information content (AvgIpc) is 1.87. The Morgan fingerprint density at radius 2 is 1.91 bits per heavy atom. The van der Waals surface area contributed by atoms with Crippen LogP contribution in [0, 0.1) is 0 Å². The Balaban J connectivity index is 4.15. The van der Waals surface area contributed by atoms with Crippen LogP contribution >= 0.6 is 0 Å². The van der Waals surface area contributed by atoms with Crippen LogP contribution in [-0.2, 0) is 24.1 Å². The standard InChI is InChI=1S/C3H2N2O5S/c6-1-4-3-10-11(8,9)5-2-7/h3H2. The van der Waals surface area contributed by atoms with Gasteiger partial charge in [0, 0.05) is 0 Å². The zero-order valence-corrected chi connectivity index (χ0v) is 5.87. The third kappa shape index (κ3) is 5.13. The first kappa shape index (κ1) is 9.67. The summed E-state index contributed by atoms with van der Waals surface area (Å²) in [5, 5.41) is 0. The van der Waals surface area contributed by atoms with Crippen molar-refractivity contribution in [2.45, 2.75) is 0 Å². The monoisotopic (exact) mass is 178 g/mol. The van der Waals surface area contributed by atoms with E-state index in [1.807, 2.05) is 0 Å². The van der Waals surface area contributed by atoms with E-state index < -0.39 is 17.0 Å². The molecule has 0 atom stereocenters. The zero-order valence-electron chi connectivity index (χ0n) is 5.05. The summed E-state index contributed by atoms with van der Waals surface area (Å²) in [6.45, 7) is -0.739. The normalized spacial score (nSPS) is 9.45. The highest BCUT2D eigenvalue weighted by Crippen LogP contribution is 1.91. The number of isocyanates is 2. The SMILES string of the molecule is O=C=NCOS(=O)(=O)N=C=O. The van der Waals surface area contributed by atoms with Crippen LogP contribution in [0.25, 0.3) is 0 Å². The Hall–Kier alpha value is -1.33. The molecule has 11 heavy (non-hydrogen) atoms. The second-order valence-corrected chi connectivity index (χ2v) is 2.38. The molecule has 0 spiro atoms. The van der Waals surface area contributed by atoms with Crippen LogP contribution in [0.1, 0.15) is 0 Å². The first-order valence-corrected chi connectivity index (χ1v) is 3.51. The predicted octanol–water partition coefficient (Wildman–Crippen LogP) is -1.12. The molecule has 0 radical (unpaired) electrons. The van der Waals surface area contributed by atoms with Crippen LogP contribution in [0.2, 0.25) is 0 Å². The van der Waals surface area contributed by atoms with Gasteiger partial charge < -0.3 is 0 Å². The first-order valence-electron chi connectivity index (χ1n) is 2.14. The average molecular weight is 178 g/mol. The molecule has 0 aromatic heterocycles. The second kappa shape index (κ2) is 4.48. The minimum Gasteiger partial charge on any atom is -0.227 e. The number of nitrogens with zero attached hydrogens (tertiary/aromatic N) is 2. The number of hydrogen-bond donors (Lipinski definition) is 0. The van der Waals surface area contributed by atoms with Gasteiger partial charge in [-0.25, -0.2) is 13.8 Å². The zero-order chi connectivity index (χ0) is 8.74. The van der Waals surface area contributed by atoms with Crippen molar-refractivity contribution < 1.29 is 22.2 Å². The molecule has 0 rings (SSSR count). The van der Waals surface area contributed by atoms with Crippen molar-refractivity contribution in [1.29, 1.82) is 0 Å². The fourth-order valence-corrected chi connectivity index (χ4v) is 0.521. The number of rotatable bonds is 4. The molecular weight excluding hydrogens is 176 g/mol. The molecule has 0 aliphatic heterocycles. The number of carbonyl (C=O) groups excluding carboxylic acids is 2. The molecule has 0 aromatic rings. The van der Waals surface area contributed by atoms with Crippen molar-refractivity contribution in [3.05, 3.63) is 0 Å². The third-order valence-electron chi connectivity index (χ3n) is 0.480. The minimum atomic E-state index is -4.28. The van der Waals surface area contributed by atoms with Gasteiger partial charge in [0.1, 0.15) is 0 Å². The van der Waals surface area contributed by atoms with Crippen LogP contribution < -0.4 is 0 Å².